The van der Waals surface area contributed by atoms with E-state index in [0.29, 0.717) is 13.0 Å². The van der Waals surface area contributed by atoms with Crippen LogP contribution in [-0.2, 0) is 9.47 Å². The van der Waals surface area contributed by atoms with E-state index in [0.717, 1.165) is 32.4 Å². The van der Waals surface area contributed by atoms with Gasteiger partial charge in [0.05, 0.1) is 6.61 Å². The normalized spacial score (nSPS) is 31.2. The minimum Gasteiger partial charge on any atom is -0.446 e. The van der Waals surface area contributed by atoms with E-state index in [4.69, 9.17) is 9.47 Å². The van der Waals surface area contributed by atoms with Gasteiger partial charge in [-0.2, -0.15) is 0 Å². The fourth-order valence-electron chi connectivity index (χ4n) is 2.15. The molecule has 0 N–H and O–H groups in total. The average molecular weight is 245 g/mol. The molecule has 2 rings (SSSR count). The lowest BCUT2D eigenvalue weighted by molar-refractivity contribution is -0.0226. The summed E-state index contributed by atoms with van der Waals surface area (Å²) >= 11 is 4.24. The van der Waals surface area contributed by atoms with E-state index in [1.54, 1.807) is 0 Å². The molecule has 0 aliphatic carbocycles. The Hall–Kier alpha value is -0.420. The number of piperidine rings is 1. The summed E-state index contributed by atoms with van der Waals surface area (Å²) in [5.74, 6) is 0. The molecule has 2 unspecified atom stereocenters. The Balaban J connectivity index is 1.77. The van der Waals surface area contributed by atoms with Crippen LogP contribution in [0, 0.1) is 0 Å². The number of ether oxygens (including phenoxy) is 2. The van der Waals surface area contributed by atoms with Gasteiger partial charge in [0, 0.05) is 25.9 Å². The van der Waals surface area contributed by atoms with Crippen LogP contribution in [0.3, 0.4) is 0 Å². The fraction of sp³-hybridized carbons (Fsp3) is 0.909. The molecule has 0 aromatic carbocycles. The summed E-state index contributed by atoms with van der Waals surface area (Å²) in [6.07, 6.45) is 4.72. The molecule has 0 aromatic heterocycles. The third kappa shape index (κ3) is 3.28. The molecule has 5 heteroatoms. The maximum atomic E-state index is 11.8. The van der Waals surface area contributed by atoms with Crippen LogP contribution in [0.25, 0.3) is 0 Å². The number of hydrogen-bond acceptors (Lipinski definition) is 4. The van der Waals surface area contributed by atoms with Crippen molar-refractivity contribution in [3.63, 3.8) is 0 Å². The summed E-state index contributed by atoms with van der Waals surface area (Å²) in [7, 11) is 0. The molecule has 4 nitrogen and oxygen atoms in total. The summed E-state index contributed by atoms with van der Waals surface area (Å²) < 4.78 is 10.8. The number of rotatable bonds is 1. The van der Waals surface area contributed by atoms with Crippen LogP contribution < -0.4 is 0 Å². The minimum atomic E-state index is -0.160. The van der Waals surface area contributed by atoms with Gasteiger partial charge < -0.3 is 14.4 Å². The van der Waals surface area contributed by atoms with Crippen LogP contribution in [0.4, 0.5) is 4.79 Å². The molecule has 2 saturated heterocycles. The predicted octanol–water partition coefficient (Wildman–Crippen LogP) is 2.04. The SMILES string of the molecule is O=C(OC1CCOC(S)C1)N1CCCCC1. The van der Waals surface area contributed by atoms with Crippen molar-refractivity contribution < 1.29 is 14.3 Å². The summed E-state index contributed by atoms with van der Waals surface area (Å²) in [4.78, 5) is 13.6. The third-order valence-electron chi connectivity index (χ3n) is 3.10. The van der Waals surface area contributed by atoms with Crippen LogP contribution in [0.15, 0.2) is 0 Å². The summed E-state index contributed by atoms with van der Waals surface area (Å²) in [6.45, 7) is 2.31. The van der Waals surface area contributed by atoms with Gasteiger partial charge in [0.2, 0.25) is 0 Å². The van der Waals surface area contributed by atoms with Gasteiger partial charge in [0.15, 0.2) is 0 Å². The van der Waals surface area contributed by atoms with Crippen molar-refractivity contribution in [3.8, 4) is 0 Å². The molecule has 2 atom stereocenters. The number of carbonyl (C=O) groups is 1. The molecule has 0 radical (unpaired) electrons. The number of nitrogens with zero attached hydrogens (tertiary/aromatic N) is 1. The molecule has 0 saturated carbocycles. The van der Waals surface area contributed by atoms with E-state index >= 15 is 0 Å². The Morgan fingerprint density at radius 3 is 2.75 bits per heavy atom. The fourth-order valence-corrected chi connectivity index (χ4v) is 2.49. The molecule has 92 valence electrons. The molecular formula is C11H19NO3S. The monoisotopic (exact) mass is 245 g/mol. The minimum absolute atomic E-state index is 0.0225. The number of likely N-dealkylation sites (tertiary alicyclic amines) is 1. The van der Waals surface area contributed by atoms with Gasteiger partial charge in [-0.1, -0.05) is 0 Å². The Morgan fingerprint density at radius 2 is 2.06 bits per heavy atom. The summed E-state index contributed by atoms with van der Waals surface area (Å²) in [5.41, 5.74) is -0.0899. The maximum absolute atomic E-state index is 11.8. The highest BCUT2D eigenvalue weighted by molar-refractivity contribution is 7.80. The molecule has 0 spiro atoms. The Kier molecular flexibility index (Phi) is 4.35. The van der Waals surface area contributed by atoms with Gasteiger partial charge in [0.25, 0.3) is 0 Å². The molecule has 2 aliphatic heterocycles. The molecule has 0 bridgehead atoms. The van der Waals surface area contributed by atoms with Crippen molar-refractivity contribution in [1.29, 1.82) is 0 Å². The Bertz CT molecular complexity index is 243. The number of amides is 1. The van der Waals surface area contributed by atoms with Crippen molar-refractivity contribution in [2.24, 2.45) is 0 Å². The van der Waals surface area contributed by atoms with Crippen LogP contribution in [0.1, 0.15) is 32.1 Å². The van der Waals surface area contributed by atoms with Gasteiger partial charge in [-0.25, -0.2) is 4.79 Å². The van der Waals surface area contributed by atoms with Crippen molar-refractivity contribution in [2.45, 2.75) is 43.6 Å². The van der Waals surface area contributed by atoms with Crippen LogP contribution in [-0.4, -0.2) is 42.2 Å². The first-order valence-electron chi connectivity index (χ1n) is 6.01. The lowest BCUT2D eigenvalue weighted by Crippen LogP contribution is -2.39. The molecular weight excluding hydrogens is 226 g/mol. The van der Waals surface area contributed by atoms with Gasteiger partial charge in [-0.3, -0.25) is 0 Å². The molecule has 2 fully saturated rings. The zero-order valence-corrected chi connectivity index (χ0v) is 10.3. The van der Waals surface area contributed by atoms with E-state index in [1.807, 2.05) is 4.90 Å². The highest BCUT2D eigenvalue weighted by atomic mass is 32.1. The Morgan fingerprint density at radius 1 is 1.31 bits per heavy atom. The van der Waals surface area contributed by atoms with Crippen molar-refractivity contribution in [3.05, 3.63) is 0 Å². The van der Waals surface area contributed by atoms with E-state index in [1.165, 1.54) is 6.42 Å². The Labute approximate surface area is 102 Å². The van der Waals surface area contributed by atoms with Gasteiger partial charge in [-0.15, -0.1) is 12.6 Å². The molecule has 2 heterocycles. The number of hydrogen-bond donors (Lipinski definition) is 1. The van der Waals surface area contributed by atoms with Gasteiger partial charge in [0.1, 0.15) is 11.5 Å². The topological polar surface area (TPSA) is 38.8 Å². The number of thiol groups is 1. The molecule has 16 heavy (non-hydrogen) atoms. The van der Waals surface area contributed by atoms with E-state index in [2.05, 4.69) is 12.6 Å². The molecule has 0 aromatic rings. The average Bonchev–Trinajstić information content (AvgIpc) is 2.30. The van der Waals surface area contributed by atoms with Crippen LogP contribution in [0.2, 0.25) is 0 Å². The lowest BCUT2D eigenvalue weighted by Gasteiger charge is -2.31. The first kappa shape index (κ1) is 12.0. The molecule has 2 aliphatic rings. The quantitative estimate of drug-likeness (QED) is 0.719. The lowest BCUT2D eigenvalue weighted by atomic mass is 10.1. The maximum Gasteiger partial charge on any atom is 0.410 e. The van der Waals surface area contributed by atoms with Crippen molar-refractivity contribution >= 4 is 18.7 Å². The predicted molar refractivity (Wildman–Crippen MR) is 63.7 cm³/mol. The van der Waals surface area contributed by atoms with Gasteiger partial charge >= 0.3 is 6.09 Å². The van der Waals surface area contributed by atoms with Crippen LogP contribution in [0.5, 0.6) is 0 Å². The zero-order chi connectivity index (χ0) is 11.4. The summed E-state index contributed by atoms with van der Waals surface area (Å²) in [5, 5.41) is 0. The second-order valence-corrected chi connectivity index (χ2v) is 4.98. The van der Waals surface area contributed by atoms with Crippen molar-refractivity contribution in [2.75, 3.05) is 19.7 Å². The van der Waals surface area contributed by atoms with E-state index in [9.17, 15) is 4.79 Å². The van der Waals surface area contributed by atoms with Gasteiger partial charge in [-0.05, 0) is 19.3 Å². The second-order valence-electron chi connectivity index (χ2n) is 4.40. The summed E-state index contributed by atoms with van der Waals surface area (Å²) in [6, 6.07) is 0. The van der Waals surface area contributed by atoms with E-state index < -0.39 is 0 Å². The first-order valence-corrected chi connectivity index (χ1v) is 6.52. The third-order valence-corrected chi connectivity index (χ3v) is 3.46. The van der Waals surface area contributed by atoms with Crippen molar-refractivity contribution in [1.82, 2.24) is 4.90 Å². The standard InChI is InChI=1S/C11H19NO3S/c13-11(12-5-2-1-3-6-12)15-9-4-7-14-10(16)8-9/h9-10,16H,1-8H2. The van der Waals surface area contributed by atoms with E-state index in [-0.39, 0.29) is 17.6 Å². The number of carbonyl (C=O) groups excluding carboxylic acids is 1. The second kappa shape index (κ2) is 5.77. The van der Waals surface area contributed by atoms with Crippen LogP contribution >= 0.6 is 12.6 Å². The highest BCUT2D eigenvalue weighted by Crippen LogP contribution is 2.20. The highest BCUT2D eigenvalue weighted by Gasteiger charge is 2.26. The first-order chi connectivity index (χ1) is 7.75. The zero-order valence-electron chi connectivity index (χ0n) is 9.43. The molecule has 1 amide bonds. The largest absolute Gasteiger partial charge is 0.446 e. The smallest absolute Gasteiger partial charge is 0.410 e.